The molecule has 0 aliphatic heterocycles. The molecular weight excluding hydrogens is 267 g/mol. The minimum atomic E-state index is -0.287. The van der Waals surface area contributed by atoms with Crippen LogP contribution >= 0.6 is 0 Å². The van der Waals surface area contributed by atoms with Gasteiger partial charge in [0.1, 0.15) is 23.3 Å². The molecule has 0 spiro atoms. The van der Waals surface area contributed by atoms with Crippen LogP contribution in [-0.2, 0) is 0 Å². The van der Waals surface area contributed by atoms with Gasteiger partial charge in [0.05, 0.1) is 5.69 Å². The van der Waals surface area contributed by atoms with Gasteiger partial charge in [0.25, 0.3) is 0 Å². The first-order valence-corrected chi connectivity index (χ1v) is 7.02. The number of para-hydroxylation sites is 1. The van der Waals surface area contributed by atoms with Gasteiger partial charge in [-0.15, -0.1) is 0 Å². The Kier molecular flexibility index (Phi) is 4.40. The van der Waals surface area contributed by atoms with E-state index in [-0.39, 0.29) is 11.7 Å². The van der Waals surface area contributed by atoms with Crippen molar-refractivity contribution < 1.29 is 4.39 Å². The lowest BCUT2D eigenvalue weighted by Gasteiger charge is -2.16. The van der Waals surface area contributed by atoms with Crippen LogP contribution < -0.4 is 10.6 Å². The van der Waals surface area contributed by atoms with Crippen LogP contribution in [0.15, 0.2) is 18.2 Å². The minimum absolute atomic E-state index is 0.194. The standard InChI is InChI=1S/C16H21FN4/c1-9(2)14-20-15(18-5)11(4)16(21-14)19-13-10(3)7-6-8-12(13)17/h6-9H,1-5H3,(H2,18,19,20,21). The molecule has 1 aromatic carbocycles. The number of nitrogens with zero attached hydrogens (tertiary/aromatic N) is 2. The summed E-state index contributed by atoms with van der Waals surface area (Å²) in [7, 11) is 1.82. The van der Waals surface area contributed by atoms with Crippen LogP contribution in [0.1, 0.15) is 36.7 Å². The highest BCUT2D eigenvalue weighted by Crippen LogP contribution is 2.28. The van der Waals surface area contributed by atoms with E-state index >= 15 is 0 Å². The number of rotatable bonds is 4. The zero-order valence-electron chi connectivity index (χ0n) is 13.1. The van der Waals surface area contributed by atoms with Gasteiger partial charge in [0.2, 0.25) is 0 Å². The Morgan fingerprint density at radius 3 is 2.33 bits per heavy atom. The lowest BCUT2D eigenvalue weighted by molar-refractivity contribution is 0.630. The number of benzene rings is 1. The molecule has 0 aliphatic rings. The number of hydrogen-bond donors (Lipinski definition) is 2. The summed E-state index contributed by atoms with van der Waals surface area (Å²) in [5, 5.41) is 6.17. The second-order valence-corrected chi connectivity index (χ2v) is 5.37. The molecule has 21 heavy (non-hydrogen) atoms. The summed E-state index contributed by atoms with van der Waals surface area (Å²) in [6.45, 7) is 7.84. The summed E-state index contributed by atoms with van der Waals surface area (Å²) in [5.74, 6) is 2.02. The van der Waals surface area contributed by atoms with Gasteiger partial charge in [-0.05, 0) is 25.5 Å². The molecule has 2 N–H and O–H groups in total. The van der Waals surface area contributed by atoms with Crippen molar-refractivity contribution in [1.82, 2.24) is 9.97 Å². The van der Waals surface area contributed by atoms with Crippen molar-refractivity contribution in [3.63, 3.8) is 0 Å². The predicted molar refractivity (Wildman–Crippen MR) is 84.8 cm³/mol. The maximum Gasteiger partial charge on any atom is 0.146 e. The summed E-state index contributed by atoms with van der Waals surface area (Å²) in [5.41, 5.74) is 2.16. The Morgan fingerprint density at radius 1 is 1.10 bits per heavy atom. The number of hydrogen-bond acceptors (Lipinski definition) is 4. The summed E-state index contributed by atoms with van der Waals surface area (Å²) in [4.78, 5) is 9.01. The first kappa shape index (κ1) is 15.2. The Bertz CT molecular complexity index is 633. The van der Waals surface area contributed by atoms with Crippen molar-refractivity contribution in [1.29, 1.82) is 0 Å². The number of aryl methyl sites for hydroxylation is 1. The molecular formula is C16H21FN4. The smallest absolute Gasteiger partial charge is 0.146 e. The van der Waals surface area contributed by atoms with Gasteiger partial charge in [0.15, 0.2) is 0 Å². The van der Waals surface area contributed by atoms with E-state index in [1.165, 1.54) is 6.07 Å². The van der Waals surface area contributed by atoms with Gasteiger partial charge in [-0.25, -0.2) is 14.4 Å². The van der Waals surface area contributed by atoms with Crippen LogP contribution in [0.5, 0.6) is 0 Å². The third kappa shape index (κ3) is 3.12. The van der Waals surface area contributed by atoms with Crippen molar-refractivity contribution >= 4 is 17.3 Å². The van der Waals surface area contributed by atoms with Gasteiger partial charge in [-0.1, -0.05) is 26.0 Å². The predicted octanol–water partition coefficient (Wildman–Crippen LogP) is 4.14. The zero-order valence-corrected chi connectivity index (χ0v) is 13.1. The number of aromatic nitrogens is 2. The lowest BCUT2D eigenvalue weighted by Crippen LogP contribution is -2.09. The van der Waals surface area contributed by atoms with Gasteiger partial charge in [0, 0.05) is 18.5 Å². The monoisotopic (exact) mass is 288 g/mol. The summed E-state index contributed by atoms with van der Waals surface area (Å²) in [6.07, 6.45) is 0. The van der Waals surface area contributed by atoms with E-state index in [9.17, 15) is 4.39 Å². The van der Waals surface area contributed by atoms with E-state index in [1.807, 2.05) is 40.8 Å². The zero-order chi connectivity index (χ0) is 15.6. The van der Waals surface area contributed by atoms with Crippen LogP contribution in [0.4, 0.5) is 21.7 Å². The third-order valence-electron chi connectivity index (χ3n) is 3.38. The van der Waals surface area contributed by atoms with Crippen LogP contribution in [0.3, 0.4) is 0 Å². The maximum absolute atomic E-state index is 14.0. The second-order valence-electron chi connectivity index (χ2n) is 5.37. The van der Waals surface area contributed by atoms with Gasteiger partial charge in [-0.3, -0.25) is 0 Å². The minimum Gasteiger partial charge on any atom is -0.373 e. The molecule has 0 aliphatic carbocycles. The molecule has 0 bridgehead atoms. The quantitative estimate of drug-likeness (QED) is 0.887. The van der Waals surface area contributed by atoms with Gasteiger partial charge in [-0.2, -0.15) is 0 Å². The SMILES string of the molecule is CNc1nc(C(C)C)nc(Nc2c(C)cccc2F)c1C. The topological polar surface area (TPSA) is 49.8 Å². The normalized spacial score (nSPS) is 10.8. The Balaban J connectivity index is 2.51. The number of nitrogens with one attached hydrogen (secondary N) is 2. The highest BCUT2D eigenvalue weighted by molar-refractivity contribution is 5.67. The molecule has 0 atom stereocenters. The lowest BCUT2D eigenvalue weighted by atomic mass is 10.1. The molecule has 1 aromatic heterocycles. The average molecular weight is 288 g/mol. The van der Waals surface area contributed by atoms with E-state index < -0.39 is 0 Å². The third-order valence-corrected chi connectivity index (χ3v) is 3.38. The molecule has 0 radical (unpaired) electrons. The van der Waals surface area contributed by atoms with Crippen molar-refractivity contribution in [2.24, 2.45) is 0 Å². The van der Waals surface area contributed by atoms with Crippen molar-refractivity contribution in [3.8, 4) is 0 Å². The van der Waals surface area contributed by atoms with Crippen LogP contribution in [0.25, 0.3) is 0 Å². The van der Waals surface area contributed by atoms with Crippen LogP contribution in [0, 0.1) is 19.7 Å². The van der Waals surface area contributed by atoms with Crippen molar-refractivity contribution in [3.05, 3.63) is 41.0 Å². The first-order valence-electron chi connectivity index (χ1n) is 7.02. The van der Waals surface area contributed by atoms with Gasteiger partial charge >= 0.3 is 0 Å². The molecule has 0 unspecified atom stereocenters. The van der Waals surface area contributed by atoms with Crippen LogP contribution in [0.2, 0.25) is 0 Å². The fourth-order valence-corrected chi connectivity index (χ4v) is 2.07. The molecule has 0 fully saturated rings. The molecule has 2 rings (SSSR count). The average Bonchev–Trinajstić information content (AvgIpc) is 2.44. The molecule has 0 saturated carbocycles. The summed E-state index contributed by atoms with van der Waals surface area (Å²) < 4.78 is 14.0. The fraction of sp³-hybridized carbons (Fsp3) is 0.375. The van der Waals surface area contributed by atoms with Crippen molar-refractivity contribution in [2.45, 2.75) is 33.6 Å². The van der Waals surface area contributed by atoms with Crippen LogP contribution in [-0.4, -0.2) is 17.0 Å². The number of anilines is 3. The molecule has 0 amide bonds. The molecule has 5 heteroatoms. The first-order chi connectivity index (χ1) is 9.93. The Hall–Kier alpha value is -2.17. The highest BCUT2D eigenvalue weighted by atomic mass is 19.1. The van der Waals surface area contributed by atoms with E-state index in [0.717, 1.165) is 22.8 Å². The number of halogens is 1. The molecule has 112 valence electrons. The van der Waals surface area contributed by atoms with E-state index in [1.54, 1.807) is 6.07 Å². The molecule has 2 aromatic rings. The van der Waals surface area contributed by atoms with Gasteiger partial charge < -0.3 is 10.6 Å². The summed E-state index contributed by atoms with van der Waals surface area (Å²) in [6, 6.07) is 5.00. The second kappa shape index (κ2) is 6.08. The van der Waals surface area contributed by atoms with E-state index in [2.05, 4.69) is 20.6 Å². The summed E-state index contributed by atoms with van der Waals surface area (Å²) >= 11 is 0. The van der Waals surface area contributed by atoms with E-state index in [0.29, 0.717) is 11.5 Å². The van der Waals surface area contributed by atoms with E-state index in [4.69, 9.17) is 0 Å². The molecule has 0 saturated heterocycles. The fourth-order valence-electron chi connectivity index (χ4n) is 2.07. The molecule has 4 nitrogen and oxygen atoms in total. The Morgan fingerprint density at radius 2 is 1.76 bits per heavy atom. The maximum atomic E-state index is 14.0. The van der Waals surface area contributed by atoms with Crippen molar-refractivity contribution in [2.75, 3.05) is 17.7 Å². The highest BCUT2D eigenvalue weighted by Gasteiger charge is 2.14. The molecule has 1 heterocycles. The largest absolute Gasteiger partial charge is 0.373 e. The Labute approximate surface area is 124 Å².